The second-order valence-corrected chi connectivity index (χ2v) is 8.44. The van der Waals surface area contributed by atoms with Gasteiger partial charge in [0.05, 0.1) is 6.10 Å². The highest BCUT2D eigenvalue weighted by Crippen LogP contribution is 2.62. The average molecular weight is 294 g/mol. The first-order valence-electron chi connectivity index (χ1n) is 8.84. The first-order chi connectivity index (χ1) is 10.0. The number of rotatable bonds is 0. The molecule has 0 spiro atoms. The first kappa shape index (κ1) is 14.2. The van der Waals surface area contributed by atoms with Crippen molar-refractivity contribution in [3.05, 3.63) is 0 Å². The molecule has 8 atom stereocenters. The molecule has 0 aromatic rings. The van der Waals surface area contributed by atoms with E-state index in [9.17, 15) is 14.3 Å². The Morgan fingerprint density at radius 3 is 2.81 bits per heavy atom. The van der Waals surface area contributed by atoms with E-state index in [-0.39, 0.29) is 17.4 Å². The molecule has 0 radical (unpaired) electrons. The fraction of sp³-hybridized carbons (Fsp3) is 0.944. The van der Waals surface area contributed by atoms with E-state index >= 15 is 0 Å². The Kier molecular flexibility index (Phi) is 3.22. The third-order valence-corrected chi connectivity index (χ3v) is 7.68. The molecule has 2 unspecified atom stereocenters. The van der Waals surface area contributed by atoms with Gasteiger partial charge in [-0.15, -0.1) is 0 Å². The molecule has 21 heavy (non-hydrogen) atoms. The summed E-state index contributed by atoms with van der Waals surface area (Å²) in [6.45, 7) is 2.19. The van der Waals surface area contributed by atoms with Crippen LogP contribution in [-0.4, -0.2) is 23.2 Å². The molecular weight excluding hydrogens is 267 g/mol. The summed E-state index contributed by atoms with van der Waals surface area (Å²) in [6.07, 6.45) is 5.89. The Hall–Kier alpha value is -0.440. The van der Waals surface area contributed by atoms with Gasteiger partial charge in [-0.1, -0.05) is 6.92 Å². The number of hydrogen-bond acceptors (Lipinski definition) is 2. The van der Waals surface area contributed by atoms with E-state index in [1.807, 2.05) is 0 Å². The van der Waals surface area contributed by atoms with Crippen molar-refractivity contribution < 1.29 is 14.3 Å². The smallest absolute Gasteiger partial charge is 0.133 e. The lowest BCUT2D eigenvalue weighted by atomic mass is 9.50. The third-order valence-electron chi connectivity index (χ3n) is 7.68. The highest BCUT2D eigenvalue weighted by molar-refractivity contribution is 5.79. The maximum absolute atomic E-state index is 15.0. The Bertz CT molecular complexity index is 450. The Morgan fingerprint density at radius 2 is 2.00 bits per heavy atom. The van der Waals surface area contributed by atoms with Crippen molar-refractivity contribution in [1.82, 2.24) is 0 Å². The lowest BCUT2D eigenvalue weighted by Crippen LogP contribution is -2.53. The third kappa shape index (κ3) is 1.95. The minimum atomic E-state index is -0.753. The summed E-state index contributed by atoms with van der Waals surface area (Å²) >= 11 is 0. The molecule has 0 bridgehead atoms. The number of ketones is 1. The molecule has 4 fully saturated rings. The lowest BCUT2D eigenvalue weighted by molar-refractivity contribution is -0.135. The van der Waals surface area contributed by atoms with E-state index in [1.165, 1.54) is 0 Å². The van der Waals surface area contributed by atoms with Gasteiger partial charge in [-0.3, -0.25) is 4.79 Å². The van der Waals surface area contributed by atoms with Gasteiger partial charge in [0.2, 0.25) is 0 Å². The quantitative estimate of drug-likeness (QED) is 0.742. The number of Topliss-reactive ketones (excluding diaryl/α,β-unsaturated/α-hetero) is 1. The van der Waals surface area contributed by atoms with Gasteiger partial charge in [-0.25, -0.2) is 4.39 Å². The molecule has 0 heterocycles. The number of aliphatic hydroxyl groups excluding tert-OH is 1. The Balaban J connectivity index is 1.63. The number of halogens is 1. The molecule has 0 aliphatic heterocycles. The van der Waals surface area contributed by atoms with Crippen LogP contribution in [0.1, 0.15) is 58.3 Å². The number of aliphatic hydroxyl groups is 1. The second kappa shape index (κ2) is 4.78. The zero-order chi connectivity index (χ0) is 14.8. The summed E-state index contributed by atoms with van der Waals surface area (Å²) in [7, 11) is 0. The fourth-order valence-electron chi connectivity index (χ4n) is 6.59. The van der Waals surface area contributed by atoms with Gasteiger partial charge in [-0.05, 0) is 73.5 Å². The topological polar surface area (TPSA) is 37.3 Å². The van der Waals surface area contributed by atoms with Crippen LogP contribution in [0.25, 0.3) is 0 Å². The van der Waals surface area contributed by atoms with E-state index in [2.05, 4.69) is 6.92 Å². The summed E-state index contributed by atoms with van der Waals surface area (Å²) in [4.78, 5) is 11.7. The number of hydrogen-bond donors (Lipinski definition) is 1. The number of carbonyl (C=O) groups excluding carboxylic acids is 1. The molecule has 3 heteroatoms. The fourth-order valence-corrected chi connectivity index (χ4v) is 6.59. The number of carbonyl (C=O) groups is 1. The molecule has 0 aromatic heterocycles. The summed E-state index contributed by atoms with van der Waals surface area (Å²) in [5, 5.41) is 10.4. The second-order valence-electron chi connectivity index (χ2n) is 8.44. The van der Waals surface area contributed by atoms with Crippen molar-refractivity contribution in [3.8, 4) is 0 Å². The molecule has 4 aliphatic rings. The van der Waals surface area contributed by atoms with Crippen molar-refractivity contribution in [2.45, 2.75) is 70.6 Å². The van der Waals surface area contributed by atoms with Gasteiger partial charge in [0.1, 0.15) is 12.0 Å². The van der Waals surface area contributed by atoms with Crippen molar-refractivity contribution in [2.75, 3.05) is 0 Å². The normalized spacial score (nSPS) is 56.5. The Morgan fingerprint density at radius 1 is 1.19 bits per heavy atom. The van der Waals surface area contributed by atoms with Crippen molar-refractivity contribution in [3.63, 3.8) is 0 Å². The molecule has 4 rings (SSSR count). The lowest BCUT2D eigenvalue weighted by Gasteiger charge is -2.56. The van der Waals surface area contributed by atoms with E-state index in [4.69, 9.17) is 0 Å². The molecule has 2 nitrogen and oxygen atoms in total. The van der Waals surface area contributed by atoms with Gasteiger partial charge in [0, 0.05) is 12.8 Å². The van der Waals surface area contributed by atoms with Crippen LogP contribution in [0.5, 0.6) is 0 Å². The van der Waals surface area contributed by atoms with Crippen LogP contribution in [0.3, 0.4) is 0 Å². The van der Waals surface area contributed by atoms with Crippen molar-refractivity contribution in [1.29, 1.82) is 0 Å². The maximum atomic E-state index is 15.0. The van der Waals surface area contributed by atoms with Crippen molar-refractivity contribution in [2.24, 2.45) is 35.0 Å². The molecule has 4 saturated carbocycles. The van der Waals surface area contributed by atoms with Gasteiger partial charge in [0.15, 0.2) is 0 Å². The maximum Gasteiger partial charge on any atom is 0.133 e. The van der Waals surface area contributed by atoms with Gasteiger partial charge in [-0.2, -0.15) is 0 Å². The average Bonchev–Trinajstić information content (AvgIpc) is 2.74. The van der Waals surface area contributed by atoms with Crippen LogP contribution in [0.15, 0.2) is 0 Å². The van der Waals surface area contributed by atoms with Gasteiger partial charge < -0.3 is 5.11 Å². The molecule has 1 N–H and O–H groups in total. The van der Waals surface area contributed by atoms with Crippen LogP contribution in [0, 0.1) is 35.0 Å². The van der Waals surface area contributed by atoms with Gasteiger partial charge in [0.25, 0.3) is 0 Å². The molecule has 4 aliphatic carbocycles. The van der Waals surface area contributed by atoms with Crippen LogP contribution in [-0.2, 0) is 4.79 Å². The highest BCUT2D eigenvalue weighted by atomic mass is 19.1. The van der Waals surface area contributed by atoms with Crippen LogP contribution in [0.4, 0.5) is 4.39 Å². The summed E-state index contributed by atoms with van der Waals surface area (Å²) in [6, 6.07) is 0. The summed E-state index contributed by atoms with van der Waals surface area (Å²) < 4.78 is 15.0. The largest absolute Gasteiger partial charge is 0.393 e. The molecule has 0 amide bonds. The first-order valence-corrected chi connectivity index (χ1v) is 8.84. The summed E-state index contributed by atoms with van der Waals surface area (Å²) in [5.41, 5.74) is -0.0527. The standard InChI is InChI=1S/C18H27FO2/c1-18-7-6-13-12-3-2-11(20)8-10(12)9-15(19)17(13)14(18)4-5-16(18)21/h10,12-17,21H,2-9H2,1H3/t10?,12?,13-,14+,15-,16+,17-,18+/m1/s1. The summed E-state index contributed by atoms with van der Waals surface area (Å²) in [5.74, 6) is 2.20. The van der Waals surface area contributed by atoms with E-state index < -0.39 is 6.17 Å². The minimum Gasteiger partial charge on any atom is -0.393 e. The van der Waals surface area contributed by atoms with E-state index in [0.717, 1.165) is 32.1 Å². The Labute approximate surface area is 126 Å². The zero-order valence-corrected chi connectivity index (χ0v) is 12.9. The monoisotopic (exact) mass is 294 g/mol. The van der Waals surface area contributed by atoms with Crippen LogP contribution in [0.2, 0.25) is 0 Å². The molecule has 118 valence electrons. The number of fused-ring (bicyclic) bond motifs is 5. The predicted octanol–water partition coefficient (Wildman–Crippen LogP) is 3.52. The SMILES string of the molecule is C[C@]12CC[C@@H]3C4CCC(=O)CC4C[C@@H](F)[C@H]3[C@@H]1CC[C@@H]2O. The zero-order valence-electron chi connectivity index (χ0n) is 12.9. The van der Waals surface area contributed by atoms with Gasteiger partial charge >= 0.3 is 0 Å². The van der Waals surface area contributed by atoms with Crippen LogP contribution >= 0.6 is 0 Å². The minimum absolute atomic E-state index is 0.0527. The van der Waals surface area contributed by atoms with E-state index in [1.54, 1.807) is 0 Å². The molecule has 0 aromatic carbocycles. The van der Waals surface area contributed by atoms with E-state index in [0.29, 0.717) is 48.7 Å². The van der Waals surface area contributed by atoms with Crippen LogP contribution < -0.4 is 0 Å². The molecular formula is C18H27FO2. The predicted molar refractivity (Wildman–Crippen MR) is 78.4 cm³/mol. The highest BCUT2D eigenvalue weighted by Gasteiger charge is 2.59. The molecule has 0 saturated heterocycles. The van der Waals surface area contributed by atoms with Crippen molar-refractivity contribution >= 4 is 5.78 Å². The number of alkyl halides is 1.